The summed E-state index contributed by atoms with van der Waals surface area (Å²) in [6.07, 6.45) is 0.222. The van der Waals surface area contributed by atoms with Crippen LogP contribution in [0.5, 0.6) is 0 Å². The molecule has 4 rings (SSSR count). The first kappa shape index (κ1) is 23.7. The number of likely N-dealkylation sites (N-methyl/N-ethyl adjacent to an activating group) is 1. The Labute approximate surface area is 199 Å². The Morgan fingerprint density at radius 3 is 2.53 bits per heavy atom. The molecule has 0 aliphatic carbocycles. The van der Waals surface area contributed by atoms with Gasteiger partial charge in [0.15, 0.2) is 6.23 Å². The van der Waals surface area contributed by atoms with E-state index in [2.05, 4.69) is 4.98 Å². The van der Waals surface area contributed by atoms with Gasteiger partial charge in [-0.2, -0.15) is 4.39 Å². The summed E-state index contributed by atoms with van der Waals surface area (Å²) in [5, 5.41) is -0.244. The second-order valence-electron chi connectivity index (χ2n) is 7.79. The maximum atomic E-state index is 15.0. The van der Waals surface area contributed by atoms with E-state index in [4.69, 9.17) is 4.74 Å². The van der Waals surface area contributed by atoms with Crippen molar-refractivity contribution in [3.05, 3.63) is 53.9 Å². The van der Waals surface area contributed by atoms with Gasteiger partial charge in [0.2, 0.25) is 5.95 Å². The maximum absolute atomic E-state index is 15.0. The van der Waals surface area contributed by atoms with Crippen molar-refractivity contribution in [2.75, 3.05) is 55.8 Å². The molecular weight excluding hydrogens is 468 g/mol. The van der Waals surface area contributed by atoms with Crippen molar-refractivity contribution in [3.8, 4) is 0 Å². The Morgan fingerprint density at radius 1 is 1.15 bits per heavy atom. The number of carbonyl (C=O) groups is 3. The van der Waals surface area contributed by atoms with Crippen LogP contribution in [0.4, 0.5) is 29.7 Å². The zero-order valence-corrected chi connectivity index (χ0v) is 19.4. The molecule has 0 radical (unpaired) electrons. The van der Waals surface area contributed by atoms with Crippen LogP contribution in [0.3, 0.4) is 0 Å². The van der Waals surface area contributed by atoms with Crippen molar-refractivity contribution < 1.29 is 27.9 Å². The normalized spacial score (nSPS) is 18.2. The molecule has 3 heterocycles. The zero-order chi connectivity index (χ0) is 24.4. The van der Waals surface area contributed by atoms with Gasteiger partial charge in [-0.1, -0.05) is 17.8 Å². The standard InChI is InChI=1S/C22H23F2N5O4S/c1-26(22(32)34-2)19-13-29(21(31)33-19)14-6-7-17(15(23)12-14)27-8-10-28(11-9-27)20(30)16-4-3-5-18(24)25-16/h3-7,12,19H,8-11,13H2,1-2H3. The lowest BCUT2D eigenvalue weighted by Crippen LogP contribution is -2.49. The molecule has 1 aromatic carbocycles. The second-order valence-corrected chi connectivity index (χ2v) is 8.55. The Bertz CT molecular complexity index is 1110. The summed E-state index contributed by atoms with van der Waals surface area (Å²) in [6, 6.07) is 8.51. The van der Waals surface area contributed by atoms with Crippen LogP contribution in [0.1, 0.15) is 10.5 Å². The number of benzene rings is 1. The summed E-state index contributed by atoms with van der Waals surface area (Å²) in [4.78, 5) is 46.3. The van der Waals surface area contributed by atoms with E-state index in [-0.39, 0.29) is 23.4 Å². The summed E-state index contributed by atoms with van der Waals surface area (Å²) in [6.45, 7) is 1.51. The van der Waals surface area contributed by atoms with Crippen molar-refractivity contribution >= 4 is 40.4 Å². The molecule has 180 valence electrons. The number of hydrogen-bond donors (Lipinski definition) is 0. The van der Waals surface area contributed by atoms with Gasteiger partial charge in [0.05, 0.1) is 17.9 Å². The molecule has 2 aliphatic rings. The summed E-state index contributed by atoms with van der Waals surface area (Å²) in [5.41, 5.74) is 0.702. The molecule has 9 nitrogen and oxygen atoms in total. The Kier molecular flexibility index (Phi) is 6.87. The molecule has 1 aromatic heterocycles. The van der Waals surface area contributed by atoms with Crippen LogP contribution in [0.15, 0.2) is 36.4 Å². The predicted octanol–water partition coefficient (Wildman–Crippen LogP) is 3.02. The third kappa shape index (κ3) is 4.76. The van der Waals surface area contributed by atoms with Gasteiger partial charge in [0, 0.05) is 33.2 Å². The first-order chi connectivity index (χ1) is 16.3. The number of anilines is 2. The molecule has 3 amide bonds. The van der Waals surface area contributed by atoms with Gasteiger partial charge in [-0.05, 0) is 36.6 Å². The molecule has 2 aliphatic heterocycles. The molecule has 2 aromatic rings. The van der Waals surface area contributed by atoms with Crippen LogP contribution >= 0.6 is 11.8 Å². The number of thioether (sulfide) groups is 1. The van der Waals surface area contributed by atoms with Crippen LogP contribution in [0.25, 0.3) is 0 Å². The number of aromatic nitrogens is 1. The van der Waals surface area contributed by atoms with Gasteiger partial charge in [0.1, 0.15) is 11.5 Å². The van der Waals surface area contributed by atoms with Crippen LogP contribution in [0.2, 0.25) is 0 Å². The van der Waals surface area contributed by atoms with E-state index in [9.17, 15) is 23.2 Å². The lowest BCUT2D eigenvalue weighted by Gasteiger charge is -2.36. The average molecular weight is 492 g/mol. The summed E-state index contributed by atoms with van der Waals surface area (Å²) in [5.74, 6) is -1.61. The fourth-order valence-electron chi connectivity index (χ4n) is 3.88. The van der Waals surface area contributed by atoms with Gasteiger partial charge in [-0.3, -0.25) is 19.4 Å². The van der Waals surface area contributed by atoms with E-state index in [1.807, 2.05) is 0 Å². The van der Waals surface area contributed by atoms with Gasteiger partial charge in [-0.25, -0.2) is 14.2 Å². The molecule has 0 spiro atoms. The highest BCUT2D eigenvalue weighted by molar-refractivity contribution is 8.12. The molecule has 0 saturated carbocycles. The second kappa shape index (κ2) is 9.84. The Hall–Kier alpha value is -3.41. The highest BCUT2D eigenvalue weighted by Crippen LogP contribution is 2.29. The number of pyridine rings is 1. The minimum absolute atomic E-state index is 0.0321. The van der Waals surface area contributed by atoms with Crippen LogP contribution < -0.4 is 9.80 Å². The lowest BCUT2D eigenvalue weighted by molar-refractivity contribution is 0.0668. The maximum Gasteiger partial charge on any atom is 0.416 e. The Balaban J connectivity index is 1.40. The fourth-order valence-corrected chi connectivity index (χ4v) is 4.29. The van der Waals surface area contributed by atoms with Gasteiger partial charge in [0.25, 0.3) is 11.1 Å². The topological polar surface area (TPSA) is 86.3 Å². The first-order valence-corrected chi connectivity index (χ1v) is 11.8. The number of hydrogen-bond acceptors (Lipinski definition) is 7. The molecule has 1 unspecified atom stereocenters. The molecule has 2 saturated heterocycles. The van der Waals surface area contributed by atoms with Crippen molar-refractivity contribution in [1.82, 2.24) is 14.8 Å². The molecular formula is C22H23F2N5O4S. The fraction of sp³-hybridized carbons (Fsp3) is 0.364. The van der Waals surface area contributed by atoms with Gasteiger partial charge in [-0.15, -0.1) is 0 Å². The monoisotopic (exact) mass is 491 g/mol. The number of halogens is 2. The highest BCUT2D eigenvalue weighted by Gasteiger charge is 2.37. The van der Waals surface area contributed by atoms with Crippen molar-refractivity contribution in [1.29, 1.82) is 0 Å². The summed E-state index contributed by atoms with van der Waals surface area (Å²) < 4.78 is 33.6. The molecule has 12 heteroatoms. The van der Waals surface area contributed by atoms with E-state index < -0.39 is 24.1 Å². The third-order valence-electron chi connectivity index (χ3n) is 5.78. The molecule has 0 N–H and O–H groups in total. The van der Waals surface area contributed by atoms with Crippen LogP contribution in [-0.2, 0) is 4.74 Å². The van der Waals surface area contributed by atoms with E-state index in [1.54, 1.807) is 35.2 Å². The lowest BCUT2D eigenvalue weighted by atomic mass is 10.2. The number of amides is 3. The number of rotatable bonds is 4. The van der Waals surface area contributed by atoms with E-state index in [1.165, 1.54) is 34.1 Å². The number of nitrogens with zero attached hydrogens (tertiary/aromatic N) is 5. The quantitative estimate of drug-likeness (QED) is 0.608. The molecule has 0 bridgehead atoms. The number of ether oxygens (including phenoxy) is 1. The molecule has 34 heavy (non-hydrogen) atoms. The van der Waals surface area contributed by atoms with E-state index >= 15 is 0 Å². The zero-order valence-electron chi connectivity index (χ0n) is 18.6. The predicted molar refractivity (Wildman–Crippen MR) is 123 cm³/mol. The average Bonchev–Trinajstić information content (AvgIpc) is 3.24. The molecule has 2 fully saturated rings. The summed E-state index contributed by atoms with van der Waals surface area (Å²) in [7, 11) is 1.54. The number of carbonyl (C=O) groups excluding carboxylic acids is 3. The smallest absolute Gasteiger partial charge is 0.416 e. The largest absolute Gasteiger partial charge is 0.423 e. The van der Waals surface area contributed by atoms with E-state index in [0.717, 1.165) is 11.8 Å². The van der Waals surface area contributed by atoms with Crippen molar-refractivity contribution in [2.24, 2.45) is 0 Å². The van der Waals surface area contributed by atoms with Gasteiger partial charge < -0.3 is 14.5 Å². The number of piperazine rings is 1. The van der Waals surface area contributed by atoms with Crippen LogP contribution in [0, 0.1) is 11.8 Å². The van der Waals surface area contributed by atoms with Crippen LogP contribution in [-0.4, -0.2) is 84.3 Å². The highest BCUT2D eigenvalue weighted by atomic mass is 32.2. The van der Waals surface area contributed by atoms with Crippen molar-refractivity contribution in [2.45, 2.75) is 6.23 Å². The Morgan fingerprint density at radius 2 is 1.88 bits per heavy atom. The third-order valence-corrected chi connectivity index (χ3v) is 6.41. The van der Waals surface area contributed by atoms with E-state index in [0.29, 0.717) is 37.6 Å². The first-order valence-electron chi connectivity index (χ1n) is 10.5. The molecule has 1 atom stereocenters. The van der Waals surface area contributed by atoms with Gasteiger partial charge >= 0.3 is 6.09 Å². The summed E-state index contributed by atoms with van der Waals surface area (Å²) >= 11 is 1.01. The minimum Gasteiger partial charge on any atom is -0.423 e. The minimum atomic E-state index is -0.756. The SMILES string of the molecule is CSC(=O)N(C)C1CN(c2ccc(N3CCN(C(=O)c4cccc(F)n4)CC3)c(F)c2)C(=O)O1. The number of cyclic esters (lactones) is 1. The van der Waals surface area contributed by atoms with Crippen molar-refractivity contribution in [3.63, 3.8) is 0 Å².